The summed E-state index contributed by atoms with van der Waals surface area (Å²) in [4.78, 5) is 24.6. The van der Waals surface area contributed by atoms with Gasteiger partial charge in [0, 0.05) is 23.7 Å². The SMILES string of the molecule is C=C1C(=O)OC2C1C(OC(=O)C(C)=CCO)CC(CO)C1CC=C(C)C12. The lowest BCUT2D eigenvalue weighted by Crippen LogP contribution is -2.36. The number of hydrogen-bond donors (Lipinski definition) is 2. The topological polar surface area (TPSA) is 93.1 Å². The zero-order chi connectivity index (χ0) is 19.0. The first-order chi connectivity index (χ1) is 12.4. The Bertz CT molecular complexity index is 676. The number of rotatable bonds is 4. The summed E-state index contributed by atoms with van der Waals surface area (Å²) >= 11 is 0. The lowest BCUT2D eigenvalue weighted by atomic mass is 9.78. The van der Waals surface area contributed by atoms with Gasteiger partial charge in [0.15, 0.2) is 0 Å². The number of carbonyl (C=O) groups is 2. The molecule has 0 bridgehead atoms. The van der Waals surface area contributed by atoms with Crippen LogP contribution in [-0.2, 0) is 19.1 Å². The molecule has 142 valence electrons. The van der Waals surface area contributed by atoms with Gasteiger partial charge in [0.1, 0.15) is 12.2 Å². The summed E-state index contributed by atoms with van der Waals surface area (Å²) in [5.41, 5.74) is 1.78. The summed E-state index contributed by atoms with van der Waals surface area (Å²) < 4.78 is 11.4. The van der Waals surface area contributed by atoms with Crippen molar-refractivity contribution in [2.75, 3.05) is 13.2 Å². The molecule has 6 heteroatoms. The van der Waals surface area contributed by atoms with Crippen molar-refractivity contribution in [2.24, 2.45) is 23.7 Å². The molecule has 1 saturated heterocycles. The maximum Gasteiger partial charge on any atom is 0.334 e. The van der Waals surface area contributed by atoms with E-state index in [1.165, 1.54) is 6.08 Å². The van der Waals surface area contributed by atoms with Crippen LogP contribution in [0.4, 0.5) is 0 Å². The second kappa shape index (κ2) is 7.37. The second-order valence-corrected chi connectivity index (χ2v) is 7.49. The number of aliphatic hydroxyl groups is 2. The fourth-order valence-corrected chi connectivity index (χ4v) is 4.67. The van der Waals surface area contributed by atoms with Gasteiger partial charge in [-0.25, -0.2) is 9.59 Å². The van der Waals surface area contributed by atoms with Gasteiger partial charge in [-0.2, -0.15) is 0 Å². The monoisotopic (exact) mass is 362 g/mol. The van der Waals surface area contributed by atoms with Crippen molar-refractivity contribution >= 4 is 11.9 Å². The number of aliphatic hydroxyl groups excluding tert-OH is 2. The normalized spacial score (nSPS) is 36.8. The van der Waals surface area contributed by atoms with Gasteiger partial charge in [-0.1, -0.05) is 18.2 Å². The standard InChI is InChI=1S/C20H26O6/c1-10-4-5-14-13(9-22)8-15(25-19(23)11(2)6-7-21)17-12(3)20(24)26-18(17)16(10)14/h4,6,13-18,21-22H,3,5,7-9H2,1-2H3. The molecule has 1 heterocycles. The van der Waals surface area contributed by atoms with Gasteiger partial charge in [-0.15, -0.1) is 0 Å². The molecule has 2 aliphatic carbocycles. The minimum absolute atomic E-state index is 0.0122. The first-order valence-corrected chi connectivity index (χ1v) is 9.04. The summed E-state index contributed by atoms with van der Waals surface area (Å²) in [6.07, 6.45) is 3.78. The highest BCUT2D eigenvalue weighted by Crippen LogP contribution is 2.51. The van der Waals surface area contributed by atoms with Crippen molar-refractivity contribution in [3.8, 4) is 0 Å². The van der Waals surface area contributed by atoms with Gasteiger partial charge in [0.25, 0.3) is 0 Å². The Kier molecular flexibility index (Phi) is 5.34. The van der Waals surface area contributed by atoms with Crippen LogP contribution in [0.15, 0.2) is 35.5 Å². The number of ether oxygens (including phenoxy) is 2. The van der Waals surface area contributed by atoms with E-state index in [1.807, 2.05) is 6.92 Å². The maximum atomic E-state index is 12.4. The zero-order valence-corrected chi connectivity index (χ0v) is 15.2. The van der Waals surface area contributed by atoms with E-state index in [9.17, 15) is 14.7 Å². The average Bonchev–Trinajstić information content (AvgIpc) is 3.07. The molecule has 0 amide bonds. The molecule has 2 fully saturated rings. The molecular formula is C20H26O6. The van der Waals surface area contributed by atoms with Crippen LogP contribution in [0.25, 0.3) is 0 Å². The molecule has 3 aliphatic rings. The third kappa shape index (κ3) is 3.12. The Morgan fingerprint density at radius 2 is 2.15 bits per heavy atom. The number of carbonyl (C=O) groups excluding carboxylic acids is 2. The van der Waals surface area contributed by atoms with E-state index in [0.717, 1.165) is 12.0 Å². The minimum atomic E-state index is -0.593. The molecular weight excluding hydrogens is 336 g/mol. The van der Waals surface area contributed by atoms with Crippen molar-refractivity contribution in [1.29, 1.82) is 0 Å². The van der Waals surface area contributed by atoms with Gasteiger partial charge in [0.2, 0.25) is 0 Å². The predicted molar refractivity (Wildman–Crippen MR) is 93.8 cm³/mol. The molecule has 2 N–H and O–H groups in total. The lowest BCUT2D eigenvalue weighted by Gasteiger charge is -2.29. The van der Waals surface area contributed by atoms with Gasteiger partial charge in [-0.05, 0) is 44.6 Å². The van der Waals surface area contributed by atoms with E-state index >= 15 is 0 Å². The Morgan fingerprint density at radius 1 is 1.42 bits per heavy atom. The first kappa shape index (κ1) is 18.9. The minimum Gasteiger partial charge on any atom is -0.458 e. The van der Waals surface area contributed by atoms with E-state index in [-0.39, 0.29) is 31.0 Å². The number of fused-ring (bicyclic) bond motifs is 3. The molecule has 26 heavy (non-hydrogen) atoms. The van der Waals surface area contributed by atoms with Gasteiger partial charge in [0.05, 0.1) is 12.5 Å². The molecule has 1 aliphatic heterocycles. The molecule has 1 saturated carbocycles. The molecule has 0 radical (unpaired) electrons. The van der Waals surface area contributed by atoms with Crippen LogP contribution in [0.3, 0.4) is 0 Å². The van der Waals surface area contributed by atoms with Crippen LogP contribution in [0.1, 0.15) is 26.7 Å². The maximum absolute atomic E-state index is 12.4. The third-order valence-corrected chi connectivity index (χ3v) is 6.07. The van der Waals surface area contributed by atoms with Gasteiger partial charge >= 0.3 is 11.9 Å². The van der Waals surface area contributed by atoms with E-state index in [1.54, 1.807) is 6.92 Å². The van der Waals surface area contributed by atoms with E-state index in [2.05, 4.69) is 12.7 Å². The predicted octanol–water partition coefficient (Wildman–Crippen LogP) is 1.53. The highest BCUT2D eigenvalue weighted by Gasteiger charge is 2.55. The number of allylic oxidation sites excluding steroid dienone is 1. The lowest BCUT2D eigenvalue weighted by molar-refractivity contribution is -0.148. The van der Waals surface area contributed by atoms with Crippen molar-refractivity contribution < 1.29 is 29.3 Å². The summed E-state index contributed by atoms with van der Waals surface area (Å²) in [6, 6.07) is 0. The van der Waals surface area contributed by atoms with Crippen molar-refractivity contribution in [3.63, 3.8) is 0 Å². The van der Waals surface area contributed by atoms with Crippen LogP contribution >= 0.6 is 0 Å². The largest absolute Gasteiger partial charge is 0.458 e. The van der Waals surface area contributed by atoms with Crippen LogP contribution in [-0.4, -0.2) is 47.6 Å². The second-order valence-electron chi connectivity index (χ2n) is 7.49. The molecule has 6 nitrogen and oxygen atoms in total. The van der Waals surface area contributed by atoms with E-state index < -0.39 is 30.1 Å². The number of hydrogen-bond acceptors (Lipinski definition) is 6. The summed E-state index contributed by atoms with van der Waals surface area (Å²) in [6.45, 7) is 7.22. The summed E-state index contributed by atoms with van der Waals surface area (Å²) in [5.74, 6) is -1.28. The molecule has 0 aromatic rings. The van der Waals surface area contributed by atoms with Crippen LogP contribution in [0.5, 0.6) is 0 Å². The molecule has 6 atom stereocenters. The van der Waals surface area contributed by atoms with Crippen LogP contribution in [0.2, 0.25) is 0 Å². The van der Waals surface area contributed by atoms with Gasteiger partial charge < -0.3 is 19.7 Å². The third-order valence-electron chi connectivity index (χ3n) is 6.07. The summed E-state index contributed by atoms with van der Waals surface area (Å²) in [5, 5.41) is 18.9. The van der Waals surface area contributed by atoms with Crippen molar-refractivity contribution in [1.82, 2.24) is 0 Å². The zero-order valence-electron chi connectivity index (χ0n) is 15.2. The molecule has 3 rings (SSSR count). The smallest absolute Gasteiger partial charge is 0.334 e. The fourth-order valence-electron chi connectivity index (χ4n) is 4.67. The van der Waals surface area contributed by atoms with Crippen molar-refractivity contribution in [2.45, 2.75) is 38.9 Å². The number of esters is 2. The summed E-state index contributed by atoms with van der Waals surface area (Å²) in [7, 11) is 0. The molecule has 0 spiro atoms. The first-order valence-electron chi connectivity index (χ1n) is 9.04. The molecule has 0 aromatic heterocycles. The van der Waals surface area contributed by atoms with E-state index in [4.69, 9.17) is 14.6 Å². The molecule has 6 unspecified atom stereocenters. The van der Waals surface area contributed by atoms with Crippen LogP contribution < -0.4 is 0 Å². The Morgan fingerprint density at radius 3 is 2.81 bits per heavy atom. The Hall–Kier alpha value is -1.92. The van der Waals surface area contributed by atoms with Crippen LogP contribution in [0, 0.1) is 23.7 Å². The average molecular weight is 362 g/mol. The molecule has 0 aromatic carbocycles. The highest BCUT2D eigenvalue weighted by molar-refractivity contribution is 5.91. The quantitative estimate of drug-likeness (QED) is 0.448. The van der Waals surface area contributed by atoms with Crippen molar-refractivity contribution in [3.05, 3.63) is 35.5 Å². The Balaban J connectivity index is 1.94. The van der Waals surface area contributed by atoms with Gasteiger partial charge in [-0.3, -0.25) is 0 Å². The highest BCUT2D eigenvalue weighted by atomic mass is 16.6. The fraction of sp³-hybridized carbons (Fsp3) is 0.600. The Labute approximate surface area is 153 Å². The van der Waals surface area contributed by atoms with E-state index in [0.29, 0.717) is 17.6 Å².